The molecule has 120 valence electrons. The SMILES string of the molecule is C[C@H](Br)CCCCCCCCCCCCCCC(=O)O. The molecule has 0 aromatic heterocycles. The van der Waals surface area contributed by atoms with Gasteiger partial charge in [-0.1, -0.05) is 93.5 Å². The molecule has 1 atom stereocenters. The number of hydrogen-bond donors (Lipinski definition) is 1. The number of alkyl halides is 1. The molecule has 0 aliphatic rings. The highest BCUT2D eigenvalue weighted by molar-refractivity contribution is 9.09. The molecule has 1 N–H and O–H groups in total. The summed E-state index contributed by atoms with van der Waals surface area (Å²) in [5.74, 6) is -0.657. The van der Waals surface area contributed by atoms with Crippen molar-refractivity contribution in [1.29, 1.82) is 0 Å². The first-order valence-electron chi connectivity index (χ1n) is 8.49. The predicted octanol–water partition coefficient (Wildman–Crippen LogP) is 6.32. The van der Waals surface area contributed by atoms with Crippen LogP contribution in [0, 0.1) is 0 Å². The summed E-state index contributed by atoms with van der Waals surface area (Å²) in [7, 11) is 0. The monoisotopic (exact) mass is 348 g/mol. The fourth-order valence-corrected chi connectivity index (χ4v) is 2.79. The van der Waals surface area contributed by atoms with Gasteiger partial charge in [-0.05, 0) is 12.8 Å². The smallest absolute Gasteiger partial charge is 0.303 e. The summed E-state index contributed by atoms with van der Waals surface area (Å²) in [4.78, 5) is 11.0. The Morgan fingerprint density at radius 2 is 1.15 bits per heavy atom. The van der Waals surface area contributed by atoms with Crippen LogP contribution in [0.4, 0.5) is 0 Å². The van der Waals surface area contributed by atoms with E-state index < -0.39 is 5.97 Å². The van der Waals surface area contributed by atoms with Gasteiger partial charge in [0.1, 0.15) is 0 Å². The van der Waals surface area contributed by atoms with Crippen LogP contribution in [0.5, 0.6) is 0 Å². The number of hydrogen-bond acceptors (Lipinski definition) is 1. The van der Waals surface area contributed by atoms with Gasteiger partial charge in [0.15, 0.2) is 0 Å². The van der Waals surface area contributed by atoms with Crippen molar-refractivity contribution in [3.05, 3.63) is 0 Å². The van der Waals surface area contributed by atoms with Gasteiger partial charge in [0.05, 0.1) is 0 Å². The van der Waals surface area contributed by atoms with Gasteiger partial charge in [-0.15, -0.1) is 0 Å². The van der Waals surface area contributed by atoms with Gasteiger partial charge in [-0.25, -0.2) is 0 Å². The highest BCUT2D eigenvalue weighted by atomic mass is 79.9. The molecular weight excluding hydrogens is 316 g/mol. The van der Waals surface area contributed by atoms with Crippen molar-refractivity contribution in [3.63, 3.8) is 0 Å². The lowest BCUT2D eigenvalue weighted by molar-refractivity contribution is -0.137. The van der Waals surface area contributed by atoms with Crippen LogP contribution in [0.1, 0.15) is 96.8 Å². The molecule has 3 heteroatoms. The van der Waals surface area contributed by atoms with E-state index in [1.54, 1.807) is 0 Å². The molecule has 0 saturated heterocycles. The first-order valence-corrected chi connectivity index (χ1v) is 9.40. The quantitative estimate of drug-likeness (QED) is 0.278. The molecular formula is C17H33BrO2. The summed E-state index contributed by atoms with van der Waals surface area (Å²) < 4.78 is 0. The first-order chi connectivity index (χ1) is 9.63. The summed E-state index contributed by atoms with van der Waals surface area (Å²) in [6, 6.07) is 0. The molecule has 0 aliphatic heterocycles. The summed E-state index contributed by atoms with van der Waals surface area (Å²) in [5, 5.41) is 8.52. The van der Waals surface area contributed by atoms with Gasteiger partial charge in [-0.2, -0.15) is 0 Å². The highest BCUT2D eigenvalue weighted by Crippen LogP contribution is 2.14. The minimum Gasteiger partial charge on any atom is -0.481 e. The van der Waals surface area contributed by atoms with Gasteiger partial charge in [0.25, 0.3) is 0 Å². The zero-order valence-electron chi connectivity index (χ0n) is 13.2. The van der Waals surface area contributed by atoms with Crippen LogP contribution in [0.2, 0.25) is 0 Å². The Bertz CT molecular complexity index is 217. The largest absolute Gasteiger partial charge is 0.481 e. The lowest BCUT2D eigenvalue weighted by atomic mass is 10.0. The third-order valence-corrected chi connectivity index (χ3v) is 4.20. The molecule has 0 saturated carbocycles. The normalized spacial score (nSPS) is 12.5. The molecule has 20 heavy (non-hydrogen) atoms. The van der Waals surface area contributed by atoms with E-state index in [2.05, 4.69) is 22.9 Å². The van der Waals surface area contributed by atoms with Crippen LogP contribution in [0.25, 0.3) is 0 Å². The topological polar surface area (TPSA) is 37.3 Å². The maximum absolute atomic E-state index is 10.3. The van der Waals surface area contributed by atoms with Crippen LogP contribution in [-0.2, 0) is 4.79 Å². The maximum Gasteiger partial charge on any atom is 0.303 e. The van der Waals surface area contributed by atoms with Crippen molar-refractivity contribution in [2.45, 2.75) is 102 Å². The van der Waals surface area contributed by atoms with Gasteiger partial charge in [0, 0.05) is 11.2 Å². The second kappa shape index (κ2) is 15.3. The summed E-state index contributed by atoms with van der Waals surface area (Å²) >= 11 is 3.59. The van der Waals surface area contributed by atoms with E-state index in [1.807, 2.05) is 0 Å². The van der Waals surface area contributed by atoms with E-state index >= 15 is 0 Å². The third kappa shape index (κ3) is 17.9. The Balaban J connectivity index is 2.97. The molecule has 0 amide bonds. The maximum atomic E-state index is 10.3. The number of carbonyl (C=O) groups is 1. The molecule has 0 radical (unpaired) electrons. The molecule has 0 heterocycles. The number of aliphatic carboxylic acids is 1. The van der Waals surface area contributed by atoms with Crippen LogP contribution in [0.3, 0.4) is 0 Å². The van der Waals surface area contributed by atoms with E-state index in [0.717, 1.165) is 12.8 Å². The van der Waals surface area contributed by atoms with E-state index in [1.165, 1.54) is 70.6 Å². The average molecular weight is 349 g/mol. The van der Waals surface area contributed by atoms with E-state index in [4.69, 9.17) is 5.11 Å². The van der Waals surface area contributed by atoms with Crippen LogP contribution in [-0.4, -0.2) is 15.9 Å². The first kappa shape index (κ1) is 19.9. The number of halogens is 1. The summed E-state index contributed by atoms with van der Waals surface area (Å²) in [6.07, 6.45) is 17.1. The zero-order valence-corrected chi connectivity index (χ0v) is 14.8. The van der Waals surface area contributed by atoms with Crippen molar-refractivity contribution < 1.29 is 9.90 Å². The minimum absolute atomic E-state index is 0.341. The Kier molecular flexibility index (Phi) is 15.3. The van der Waals surface area contributed by atoms with E-state index in [-0.39, 0.29) is 0 Å². The molecule has 0 unspecified atom stereocenters. The Hall–Kier alpha value is -0.0500. The second-order valence-corrected chi connectivity index (χ2v) is 7.52. The van der Waals surface area contributed by atoms with Crippen molar-refractivity contribution in [1.82, 2.24) is 0 Å². The van der Waals surface area contributed by atoms with Gasteiger partial charge < -0.3 is 5.11 Å². The standard InChI is InChI=1S/C17H33BrO2/c1-16(18)14-12-10-8-6-4-2-3-5-7-9-11-13-15-17(19)20/h16H,2-15H2,1H3,(H,19,20)/t16-/m0/s1. The molecule has 0 aromatic rings. The minimum atomic E-state index is -0.657. The number of unbranched alkanes of at least 4 members (excludes halogenated alkanes) is 11. The van der Waals surface area contributed by atoms with Crippen LogP contribution < -0.4 is 0 Å². The Morgan fingerprint density at radius 1 is 0.800 bits per heavy atom. The highest BCUT2D eigenvalue weighted by Gasteiger charge is 1.97. The summed E-state index contributed by atoms with van der Waals surface area (Å²) in [6.45, 7) is 2.22. The van der Waals surface area contributed by atoms with Gasteiger partial charge in [-0.3, -0.25) is 4.79 Å². The molecule has 0 fully saturated rings. The van der Waals surface area contributed by atoms with Crippen molar-refractivity contribution >= 4 is 21.9 Å². The van der Waals surface area contributed by atoms with Crippen molar-refractivity contribution in [3.8, 4) is 0 Å². The fourth-order valence-electron chi connectivity index (χ4n) is 2.47. The number of carboxylic acid groups (broad SMARTS) is 1. The number of carboxylic acids is 1. The van der Waals surface area contributed by atoms with E-state index in [0.29, 0.717) is 11.2 Å². The van der Waals surface area contributed by atoms with E-state index in [9.17, 15) is 4.79 Å². The summed E-state index contributed by atoms with van der Waals surface area (Å²) in [5.41, 5.74) is 0. The van der Waals surface area contributed by atoms with Crippen molar-refractivity contribution in [2.75, 3.05) is 0 Å². The molecule has 0 aliphatic carbocycles. The second-order valence-electron chi connectivity index (χ2n) is 5.96. The molecule has 0 rings (SSSR count). The lowest BCUT2D eigenvalue weighted by Gasteiger charge is -2.04. The molecule has 0 bridgehead atoms. The van der Waals surface area contributed by atoms with Gasteiger partial charge in [0.2, 0.25) is 0 Å². The lowest BCUT2D eigenvalue weighted by Crippen LogP contribution is -1.93. The number of rotatable bonds is 15. The molecule has 0 spiro atoms. The average Bonchev–Trinajstić information content (AvgIpc) is 2.38. The Labute approximate surface area is 133 Å². The molecule has 2 nitrogen and oxygen atoms in total. The van der Waals surface area contributed by atoms with Crippen LogP contribution in [0.15, 0.2) is 0 Å². The molecule has 0 aromatic carbocycles. The van der Waals surface area contributed by atoms with Crippen LogP contribution >= 0.6 is 15.9 Å². The Morgan fingerprint density at radius 3 is 1.50 bits per heavy atom. The fraction of sp³-hybridized carbons (Fsp3) is 0.941. The zero-order chi connectivity index (χ0) is 15.1. The third-order valence-electron chi connectivity index (χ3n) is 3.74. The predicted molar refractivity (Wildman–Crippen MR) is 90.7 cm³/mol. The van der Waals surface area contributed by atoms with Gasteiger partial charge >= 0.3 is 5.97 Å². The van der Waals surface area contributed by atoms with Crippen molar-refractivity contribution in [2.24, 2.45) is 0 Å².